The highest BCUT2D eigenvalue weighted by atomic mass is 35.5. The van der Waals surface area contributed by atoms with Crippen LogP contribution in [0, 0.1) is 10.1 Å². The van der Waals surface area contributed by atoms with Crippen LogP contribution in [0.4, 0.5) is 5.69 Å². The first-order valence-electron chi connectivity index (χ1n) is 5.39. The molecular formula is C11H14ClN3O4. The molecule has 0 spiro atoms. The van der Waals surface area contributed by atoms with Crippen molar-refractivity contribution in [2.24, 2.45) is 0 Å². The second kappa shape index (κ2) is 5.50. The van der Waals surface area contributed by atoms with E-state index in [1.54, 1.807) is 0 Å². The molecule has 8 heteroatoms. The minimum atomic E-state index is -1.10. The van der Waals surface area contributed by atoms with Crippen molar-refractivity contribution >= 4 is 23.2 Å². The smallest absolute Gasteiger partial charge is 0.300 e. The first kappa shape index (κ1) is 15.3. The van der Waals surface area contributed by atoms with Crippen molar-refractivity contribution in [3.8, 4) is 0 Å². The van der Waals surface area contributed by atoms with Crippen molar-refractivity contribution in [2.45, 2.75) is 19.4 Å². The lowest BCUT2D eigenvalue weighted by Crippen LogP contribution is -2.39. The van der Waals surface area contributed by atoms with Gasteiger partial charge in [0.2, 0.25) is 0 Å². The summed E-state index contributed by atoms with van der Waals surface area (Å²) in [5.74, 6) is -0.599. The van der Waals surface area contributed by atoms with Gasteiger partial charge in [0, 0.05) is 13.6 Å². The average molecular weight is 288 g/mol. The van der Waals surface area contributed by atoms with Crippen LogP contribution in [0.5, 0.6) is 0 Å². The number of aliphatic hydroxyl groups is 1. The number of carbonyl (C=O) groups is 1. The maximum absolute atomic E-state index is 12.1. The number of amides is 1. The van der Waals surface area contributed by atoms with Crippen molar-refractivity contribution < 1.29 is 14.8 Å². The fourth-order valence-electron chi connectivity index (χ4n) is 1.60. The van der Waals surface area contributed by atoms with E-state index in [9.17, 15) is 20.0 Å². The van der Waals surface area contributed by atoms with Gasteiger partial charge in [0.1, 0.15) is 16.9 Å². The molecular weight excluding hydrogens is 274 g/mol. The van der Waals surface area contributed by atoms with E-state index in [-0.39, 0.29) is 17.3 Å². The van der Waals surface area contributed by atoms with Gasteiger partial charge in [0.25, 0.3) is 11.6 Å². The van der Waals surface area contributed by atoms with Crippen LogP contribution < -0.4 is 0 Å². The number of rotatable bonds is 4. The number of halogens is 1. The molecule has 1 amide bonds. The summed E-state index contributed by atoms with van der Waals surface area (Å²) in [6.45, 7) is 3.10. The molecule has 1 aromatic rings. The van der Waals surface area contributed by atoms with E-state index in [0.29, 0.717) is 0 Å². The topological polar surface area (TPSA) is 96.6 Å². The van der Waals surface area contributed by atoms with Crippen molar-refractivity contribution in [1.29, 1.82) is 0 Å². The molecule has 1 heterocycles. The molecule has 104 valence electrons. The third-order valence-electron chi connectivity index (χ3n) is 2.25. The van der Waals surface area contributed by atoms with Gasteiger partial charge < -0.3 is 10.0 Å². The monoisotopic (exact) mass is 287 g/mol. The van der Waals surface area contributed by atoms with E-state index < -0.39 is 22.1 Å². The zero-order chi connectivity index (χ0) is 14.8. The van der Waals surface area contributed by atoms with Crippen LogP contribution in [0.2, 0.25) is 5.15 Å². The summed E-state index contributed by atoms with van der Waals surface area (Å²) in [5, 5.41) is 20.5. The molecule has 0 radical (unpaired) electrons. The third-order valence-corrected chi connectivity index (χ3v) is 2.45. The number of nitro groups is 1. The first-order valence-corrected chi connectivity index (χ1v) is 5.77. The second-order valence-electron chi connectivity index (χ2n) is 4.75. The summed E-state index contributed by atoms with van der Waals surface area (Å²) in [7, 11) is 1.44. The highest BCUT2D eigenvalue weighted by Crippen LogP contribution is 2.22. The van der Waals surface area contributed by atoms with Gasteiger partial charge in [0.15, 0.2) is 0 Å². The summed E-state index contributed by atoms with van der Waals surface area (Å²) >= 11 is 5.65. The fourth-order valence-corrected chi connectivity index (χ4v) is 1.76. The minimum Gasteiger partial charge on any atom is -0.389 e. The number of hydrogen-bond donors (Lipinski definition) is 1. The zero-order valence-corrected chi connectivity index (χ0v) is 11.5. The van der Waals surface area contributed by atoms with Gasteiger partial charge in [-0.2, -0.15) is 0 Å². The Morgan fingerprint density at radius 1 is 1.63 bits per heavy atom. The van der Waals surface area contributed by atoms with E-state index >= 15 is 0 Å². The van der Waals surface area contributed by atoms with E-state index in [0.717, 1.165) is 12.3 Å². The molecule has 0 aromatic carbocycles. The molecule has 0 atom stereocenters. The molecule has 0 unspecified atom stereocenters. The van der Waals surface area contributed by atoms with Gasteiger partial charge in [0.05, 0.1) is 10.5 Å². The van der Waals surface area contributed by atoms with Crippen LogP contribution in [-0.2, 0) is 0 Å². The van der Waals surface area contributed by atoms with Crippen molar-refractivity contribution in [3.05, 3.63) is 33.1 Å². The SMILES string of the molecule is CN(CC(C)(C)O)C(=O)c1cc(Cl)ncc1[N+](=O)[O-]. The Kier molecular flexibility index (Phi) is 4.43. The largest absolute Gasteiger partial charge is 0.389 e. The lowest BCUT2D eigenvalue weighted by molar-refractivity contribution is -0.385. The van der Waals surface area contributed by atoms with Gasteiger partial charge >= 0.3 is 0 Å². The average Bonchev–Trinajstić information content (AvgIpc) is 2.25. The molecule has 1 rings (SSSR count). The molecule has 7 nitrogen and oxygen atoms in total. The lowest BCUT2D eigenvalue weighted by Gasteiger charge is -2.25. The van der Waals surface area contributed by atoms with Crippen LogP contribution in [0.3, 0.4) is 0 Å². The van der Waals surface area contributed by atoms with Crippen LogP contribution >= 0.6 is 11.6 Å². The molecule has 0 aliphatic heterocycles. The molecule has 0 bridgehead atoms. The highest BCUT2D eigenvalue weighted by Gasteiger charge is 2.26. The Balaban J connectivity index is 3.11. The van der Waals surface area contributed by atoms with Crippen LogP contribution in [0.1, 0.15) is 24.2 Å². The molecule has 0 saturated heterocycles. The Hall–Kier alpha value is -1.73. The quantitative estimate of drug-likeness (QED) is 0.514. The van der Waals surface area contributed by atoms with Crippen molar-refractivity contribution in [2.75, 3.05) is 13.6 Å². The van der Waals surface area contributed by atoms with E-state index in [1.165, 1.54) is 25.8 Å². The first-order chi connectivity index (χ1) is 8.61. The third kappa shape index (κ3) is 4.15. The van der Waals surface area contributed by atoms with E-state index in [1.807, 2.05) is 0 Å². The summed E-state index contributed by atoms with van der Waals surface area (Å²) in [5.41, 5.74) is -1.68. The molecule has 0 aliphatic carbocycles. The summed E-state index contributed by atoms with van der Waals surface area (Å²) in [6, 6.07) is 1.14. The van der Waals surface area contributed by atoms with Crippen LogP contribution in [0.15, 0.2) is 12.3 Å². The molecule has 19 heavy (non-hydrogen) atoms. The number of pyridine rings is 1. The predicted molar refractivity (Wildman–Crippen MR) is 69.2 cm³/mol. The highest BCUT2D eigenvalue weighted by molar-refractivity contribution is 6.29. The molecule has 0 saturated carbocycles. The van der Waals surface area contributed by atoms with Gasteiger partial charge in [-0.1, -0.05) is 11.6 Å². The molecule has 1 N–H and O–H groups in total. The number of nitrogens with zero attached hydrogens (tertiary/aromatic N) is 3. The molecule has 1 aromatic heterocycles. The Morgan fingerprint density at radius 2 is 2.21 bits per heavy atom. The summed E-state index contributed by atoms with van der Waals surface area (Å²) in [6.07, 6.45) is 0.938. The number of likely N-dealkylation sites (N-methyl/N-ethyl adjacent to an activating group) is 1. The van der Waals surface area contributed by atoms with Gasteiger partial charge in [-0.05, 0) is 19.9 Å². The minimum absolute atomic E-state index is 0.00870. The number of hydrogen-bond acceptors (Lipinski definition) is 5. The van der Waals surface area contributed by atoms with Crippen molar-refractivity contribution in [3.63, 3.8) is 0 Å². The maximum atomic E-state index is 12.1. The fraction of sp³-hybridized carbons (Fsp3) is 0.455. The summed E-state index contributed by atoms with van der Waals surface area (Å²) < 4.78 is 0. The van der Waals surface area contributed by atoms with Crippen LogP contribution in [0.25, 0.3) is 0 Å². The molecule has 0 aliphatic rings. The number of aromatic nitrogens is 1. The lowest BCUT2D eigenvalue weighted by atomic mass is 10.1. The Bertz CT molecular complexity index is 513. The zero-order valence-electron chi connectivity index (χ0n) is 10.8. The van der Waals surface area contributed by atoms with Gasteiger partial charge in [-0.25, -0.2) is 4.98 Å². The van der Waals surface area contributed by atoms with Gasteiger partial charge in [-0.3, -0.25) is 14.9 Å². The van der Waals surface area contributed by atoms with Crippen LogP contribution in [-0.4, -0.2) is 45.0 Å². The normalized spacial score (nSPS) is 11.2. The Morgan fingerprint density at radius 3 is 2.68 bits per heavy atom. The van der Waals surface area contributed by atoms with E-state index in [2.05, 4.69) is 4.98 Å². The van der Waals surface area contributed by atoms with Gasteiger partial charge in [-0.15, -0.1) is 0 Å². The Labute approximate surface area is 115 Å². The second-order valence-corrected chi connectivity index (χ2v) is 5.14. The predicted octanol–water partition coefficient (Wildman–Crippen LogP) is 1.49. The standard InChI is InChI=1S/C11H14ClN3O4/c1-11(2,17)6-14(3)10(16)7-4-9(12)13-5-8(7)15(18)19/h4-5,17H,6H2,1-3H3. The summed E-state index contributed by atoms with van der Waals surface area (Å²) in [4.78, 5) is 27.0. The number of carbonyl (C=O) groups excluding carboxylic acids is 1. The maximum Gasteiger partial charge on any atom is 0.300 e. The van der Waals surface area contributed by atoms with Crippen molar-refractivity contribution in [1.82, 2.24) is 9.88 Å². The van der Waals surface area contributed by atoms with E-state index in [4.69, 9.17) is 11.6 Å². The molecule has 0 fully saturated rings.